The molecule has 2 aliphatic heterocycles. The molecule has 4 nitrogen and oxygen atoms in total. The molecule has 110 valence electrons. The van der Waals surface area contributed by atoms with Gasteiger partial charge in [-0.15, -0.1) is 0 Å². The van der Waals surface area contributed by atoms with Crippen molar-refractivity contribution in [2.24, 2.45) is 5.92 Å². The van der Waals surface area contributed by atoms with Crippen LogP contribution in [0.5, 0.6) is 0 Å². The zero-order valence-corrected chi connectivity index (χ0v) is 12.3. The van der Waals surface area contributed by atoms with Crippen LogP contribution in [0.2, 0.25) is 0 Å². The Balaban J connectivity index is 1.68. The molecule has 0 unspecified atom stereocenters. The Labute approximate surface area is 124 Å². The number of nitrogens with zero attached hydrogens (tertiary/aromatic N) is 1. The Morgan fingerprint density at radius 3 is 3.00 bits per heavy atom. The third-order valence-electron chi connectivity index (χ3n) is 5.46. The van der Waals surface area contributed by atoms with Crippen molar-refractivity contribution in [2.45, 2.75) is 50.6 Å². The molecule has 4 rings (SSSR count). The molecule has 1 saturated heterocycles. The topological polar surface area (TPSA) is 49.4 Å². The minimum absolute atomic E-state index is 0.0338. The third-order valence-corrected chi connectivity index (χ3v) is 5.46. The summed E-state index contributed by atoms with van der Waals surface area (Å²) in [6, 6.07) is 8.27. The van der Waals surface area contributed by atoms with E-state index in [1.165, 1.54) is 5.56 Å². The minimum atomic E-state index is -0.0538. The fourth-order valence-electron chi connectivity index (χ4n) is 4.49. The van der Waals surface area contributed by atoms with Gasteiger partial charge < -0.3 is 10.2 Å². The highest BCUT2D eigenvalue weighted by Gasteiger charge is 2.61. The van der Waals surface area contributed by atoms with Crippen molar-refractivity contribution in [3.63, 3.8) is 0 Å². The summed E-state index contributed by atoms with van der Waals surface area (Å²) in [5.74, 6) is 0.223. The first-order valence-electron chi connectivity index (χ1n) is 7.86. The maximum absolute atomic E-state index is 12.8. The van der Waals surface area contributed by atoms with Crippen LogP contribution >= 0.6 is 0 Å². The van der Waals surface area contributed by atoms with Crippen LogP contribution in [0, 0.1) is 5.92 Å². The molecule has 0 aromatic heterocycles. The van der Waals surface area contributed by atoms with Crippen LogP contribution in [-0.4, -0.2) is 23.4 Å². The largest absolute Gasteiger partial charge is 0.352 e. The van der Waals surface area contributed by atoms with Gasteiger partial charge in [-0.3, -0.25) is 9.59 Å². The number of carbonyl (C=O) groups excluding carboxylic acids is 2. The van der Waals surface area contributed by atoms with Gasteiger partial charge in [-0.2, -0.15) is 0 Å². The molecule has 2 heterocycles. The van der Waals surface area contributed by atoms with E-state index in [-0.39, 0.29) is 29.3 Å². The Morgan fingerprint density at radius 2 is 2.19 bits per heavy atom. The fourth-order valence-corrected chi connectivity index (χ4v) is 4.49. The van der Waals surface area contributed by atoms with Crippen LogP contribution in [0.3, 0.4) is 0 Å². The highest BCUT2D eigenvalue weighted by molar-refractivity contribution is 6.02. The van der Waals surface area contributed by atoms with E-state index in [0.29, 0.717) is 6.42 Å². The second-order valence-corrected chi connectivity index (χ2v) is 6.57. The number of fused-ring (bicyclic) bond motifs is 3. The van der Waals surface area contributed by atoms with Gasteiger partial charge in [-0.05, 0) is 37.3 Å². The number of rotatable bonds is 2. The number of carbonyl (C=O) groups is 2. The molecular formula is C17H20N2O2. The number of benzene rings is 1. The summed E-state index contributed by atoms with van der Waals surface area (Å²) in [7, 11) is 0. The molecular weight excluding hydrogens is 264 g/mol. The maximum Gasteiger partial charge on any atom is 0.232 e. The number of nitrogens with one attached hydrogen (secondary N) is 1. The van der Waals surface area contributed by atoms with E-state index in [4.69, 9.17) is 0 Å². The summed E-state index contributed by atoms with van der Waals surface area (Å²) in [6.45, 7) is 1.85. The number of piperidine rings is 1. The summed E-state index contributed by atoms with van der Waals surface area (Å²) in [6.07, 6.45) is 4.33. The predicted molar refractivity (Wildman–Crippen MR) is 79.9 cm³/mol. The Kier molecular flexibility index (Phi) is 2.65. The zero-order chi connectivity index (χ0) is 14.6. The van der Waals surface area contributed by atoms with Crippen LogP contribution in [0.4, 0.5) is 5.69 Å². The molecule has 2 bridgehead atoms. The summed E-state index contributed by atoms with van der Waals surface area (Å²) in [5, 5.41) is 3.06. The summed E-state index contributed by atoms with van der Waals surface area (Å²) >= 11 is 0. The van der Waals surface area contributed by atoms with E-state index in [2.05, 4.69) is 17.4 Å². The van der Waals surface area contributed by atoms with Crippen LogP contribution in [0.1, 0.15) is 38.2 Å². The normalized spacial score (nSPS) is 32.8. The van der Waals surface area contributed by atoms with Crippen LogP contribution in [0.15, 0.2) is 24.3 Å². The fraction of sp³-hybridized carbons (Fsp3) is 0.529. The van der Waals surface area contributed by atoms with Crippen molar-refractivity contribution < 1.29 is 9.59 Å². The van der Waals surface area contributed by atoms with Crippen molar-refractivity contribution in [1.29, 1.82) is 0 Å². The standard InChI is InChI=1S/C17H20N2O2/c1-2-15(20)18-13-10-17-8-7-11-5-3-4-6-14(11)19(17)16(21)12(13)9-17/h3-6,12-13H,2,7-10H2,1H3,(H,18,20)/t12-,13-,17+/m0/s1. The molecule has 3 atom stereocenters. The average Bonchev–Trinajstić information content (AvgIpc) is 2.99. The summed E-state index contributed by atoms with van der Waals surface area (Å²) < 4.78 is 0. The number of hydrogen-bond donors (Lipinski definition) is 1. The van der Waals surface area contributed by atoms with E-state index in [9.17, 15) is 9.59 Å². The van der Waals surface area contributed by atoms with Gasteiger partial charge in [-0.25, -0.2) is 0 Å². The van der Waals surface area contributed by atoms with Crippen molar-refractivity contribution in [3.05, 3.63) is 29.8 Å². The molecule has 21 heavy (non-hydrogen) atoms. The van der Waals surface area contributed by atoms with Gasteiger partial charge in [0.15, 0.2) is 0 Å². The Hall–Kier alpha value is -1.84. The average molecular weight is 284 g/mol. The molecule has 2 fully saturated rings. The van der Waals surface area contributed by atoms with Crippen molar-refractivity contribution in [2.75, 3.05) is 4.90 Å². The highest BCUT2D eigenvalue weighted by atomic mass is 16.2. The van der Waals surface area contributed by atoms with Crippen molar-refractivity contribution in [3.8, 4) is 0 Å². The lowest BCUT2D eigenvalue weighted by Crippen LogP contribution is -2.56. The molecule has 3 aliphatic rings. The molecule has 1 saturated carbocycles. The lowest BCUT2D eigenvalue weighted by Gasteiger charge is -2.45. The second kappa shape index (κ2) is 4.33. The molecule has 1 aromatic rings. The van der Waals surface area contributed by atoms with E-state index in [0.717, 1.165) is 31.4 Å². The molecule has 1 N–H and O–H groups in total. The SMILES string of the molecule is CCC(=O)N[C@H]1C[C@]23CCc4ccccc4N2C(=O)[C@H]1C3. The molecule has 2 amide bonds. The third kappa shape index (κ3) is 1.68. The van der Waals surface area contributed by atoms with Crippen LogP contribution < -0.4 is 10.2 Å². The van der Waals surface area contributed by atoms with Crippen LogP contribution in [0.25, 0.3) is 0 Å². The maximum atomic E-state index is 12.8. The second-order valence-electron chi connectivity index (χ2n) is 6.57. The lowest BCUT2D eigenvalue weighted by atomic mass is 9.83. The van der Waals surface area contributed by atoms with E-state index in [1.54, 1.807) is 0 Å². The molecule has 0 radical (unpaired) electrons. The monoisotopic (exact) mass is 284 g/mol. The predicted octanol–water partition coefficient (Wildman–Crippen LogP) is 2.02. The first kappa shape index (κ1) is 12.9. The molecule has 1 aromatic carbocycles. The van der Waals surface area contributed by atoms with Gasteiger partial charge in [0.2, 0.25) is 11.8 Å². The number of anilines is 1. The number of aryl methyl sites for hydroxylation is 1. The summed E-state index contributed by atoms with van der Waals surface area (Å²) in [5.41, 5.74) is 2.32. The zero-order valence-electron chi connectivity index (χ0n) is 12.3. The van der Waals surface area contributed by atoms with Gasteiger partial charge in [0, 0.05) is 18.2 Å². The highest BCUT2D eigenvalue weighted by Crippen LogP contribution is 2.54. The number of amides is 2. The Bertz CT molecular complexity index is 627. The minimum Gasteiger partial charge on any atom is -0.352 e. The van der Waals surface area contributed by atoms with E-state index in [1.807, 2.05) is 24.0 Å². The smallest absolute Gasteiger partial charge is 0.232 e. The van der Waals surface area contributed by atoms with Gasteiger partial charge in [0.05, 0.1) is 11.5 Å². The Morgan fingerprint density at radius 1 is 1.38 bits per heavy atom. The van der Waals surface area contributed by atoms with Gasteiger partial charge >= 0.3 is 0 Å². The van der Waals surface area contributed by atoms with Gasteiger partial charge in [-0.1, -0.05) is 25.1 Å². The lowest BCUT2D eigenvalue weighted by molar-refractivity contribution is -0.125. The van der Waals surface area contributed by atoms with E-state index < -0.39 is 0 Å². The van der Waals surface area contributed by atoms with Crippen molar-refractivity contribution >= 4 is 17.5 Å². The van der Waals surface area contributed by atoms with Crippen molar-refractivity contribution in [1.82, 2.24) is 5.32 Å². The molecule has 4 heteroatoms. The number of hydrogen-bond acceptors (Lipinski definition) is 2. The van der Waals surface area contributed by atoms with Crippen LogP contribution in [-0.2, 0) is 16.0 Å². The summed E-state index contributed by atoms with van der Waals surface area (Å²) in [4.78, 5) is 26.5. The molecule has 1 aliphatic carbocycles. The first-order chi connectivity index (χ1) is 10.1. The van der Waals surface area contributed by atoms with E-state index >= 15 is 0 Å². The van der Waals surface area contributed by atoms with Gasteiger partial charge in [0.1, 0.15) is 0 Å². The molecule has 1 spiro atoms. The number of para-hydroxylation sites is 1. The quantitative estimate of drug-likeness (QED) is 0.903. The van der Waals surface area contributed by atoms with Gasteiger partial charge in [0.25, 0.3) is 0 Å². The first-order valence-corrected chi connectivity index (χ1v) is 7.86.